The van der Waals surface area contributed by atoms with Crippen molar-refractivity contribution in [2.45, 2.75) is 18.6 Å². The molecular formula is C20H20F6N2O2. The van der Waals surface area contributed by atoms with Crippen LogP contribution in [0.3, 0.4) is 0 Å². The Kier molecular flexibility index (Phi) is 6.47. The van der Waals surface area contributed by atoms with Gasteiger partial charge in [0.15, 0.2) is 0 Å². The molecule has 0 spiro atoms. The molecule has 2 aromatic carbocycles. The van der Waals surface area contributed by atoms with Crippen LogP contribution in [0.4, 0.5) is 26.3 Å². The summed E-state index contributed by atoms with van der Waals surface area (Å²) in [4.78, 5) is 1.87. The Morgan fingerprint density at radius 1 is 0.900 bits per heavy atom. The van der Waals surface area contributed by atoms with Gasteiger partial charge in [0.2, 0.25) is 0 Å². The van der Waals surface area contributed by atoms with Crippen molar-refractivity contribution in [2.75, 3.05) is 33.3 Å². The zero-order valence-electron chi connectivity index (χ0n) is 16.0. The largest absolute Gasteiger partial charge is 0.573 e. The molecule has 1 fully saturated rings. The van der Waals surface area contributed by atoms with Crippen LogP contribution in [-0.2, 0) is 6.18 Å². The van der Waals surface area contributed by atoms with E-state index in [4.69, 9.17) is 4.74 Å². The van der Waals surface area contributed by atoms with Crippen molar-refractivity contribution < 1.29 is 35.8 Å². The summed E-state index contributed by atoms with van der Waals surface area (Å²) in [5.74, 6) is -0.366. The van der Waals surface area contributed by atoms with Crippen LogP contribution >= 0.6 is 0 Å². The van der Waals surface area contributed by atoms with E-state index < -0.39 is 29.9 Å². The van der Waals surface area contributed by atoms with E-state index in [0.29, 0.717) is 31.7 Å². The topological polar surface area (TPSA) is 33.7 Å². The first-order valence-electron chi connectivity index (χ1n) is 9.14. The van der Waals surface area contributed by atoms with Crippen molar-refractivity contribution in [3.63, 3.8) is 0 Å². The van der Waals surface area contributed by atoms with Crippen molar-refractivity contribution >= 4 is 0 Å². The number of alkyl halides is 6. The third-order valence-corrected chi connectivity index (χ3v) is 4.81. The maximum Gasteiger partial charge on any atom is 0.573 e. The molecule has 1 N–H and O–H groups in total. The van der Waals surface area contributed by atoms with E-state index in [2.05, 4.69) is 10.1 Å². The number of nitrogens with zero attached hydrogens (tertiary/aromatic N) is 1. The molecular weight excluding hydrogens is 414 g/mol. The second kappa shape index (κ2) is 8.73. The minimum absolute atomic E-state index is 0.00897. The molecule has 0 bridgehead atoms. The van der Waals surface area contributed by atoms with Crippen molar-refractivity contribution in [3.8, 4) is 11.5 Å². The molecule has 164 valence electrons. The van der Waals surface area contributed by atoms with Crippen LogP contribution in [0.15, 0.2) is 42.5 Å². The average molecular weight is 434 g/mol. The number of methoxy groups -OCH3 is 1. The Labute approximate surface area is 169 Å². The van der Waals surface area contributed by atoms with Gasteiger partial charge in [0.1, 0.15) is 11.5 Å². The van der Waals surface area contributed by atoms with Crippen molar-refractivity contribution in [3.05, 3.63) is 59.2 Å². The Morgan fingerprint density at radius 3 is 2.03 bits per heavy atom. The number of hydrogen-bond donors (Lipinski definition) is 1. The van der Waals surface area contributed by atoms with Gasteiger partial charge in [0.05, 0.1) is 18.7 Å². The second-order valence-electron chi connectivity index (χ2n) is 6.76. The average Bonchev–Trinajstić information content (AvgIpc) is 2.68. The lowest BCUT2D eigenvalue weighted by Crippen LogP contribution is -2.45. The third-order valence-electron chi connectivity index (χ3n) is 4.81. The number of hydrogen-bond acceptors (Lipinski definition) is 4. The fourth-order valence-electron chi connectivity index (χ4n) is 3.53. The van der Waals surface area contributed by atoms with Crippen molar-refractivity contribution in [2.24, 2.45) is 0 Å². The highest BCUT2D eigenvalue weighted by Gasteiger charge is 2.38. The number of nitrogens with one attached hydrogen (secondary N) is 1. The molecule has 1 saturated heterocycles. The number of rotatable bonds is 5. The van der Waals surface area contributed by atoms with Crippen LogP contribution in [0.25, 0.3) is 0 Å². The summed E-state index contributed by atoms with van der Waals surface area (Å²) in [6.45, 7) is 2.14. The number of halogens is 6. The second-order valence-corrected chi connectivity index (χ2v) is 6.76. The standard InChI is InChI=1S/C20H20F6N2O2/c1-29-15-6-7-16(17(12-15)19(21,22)23)18(28-10-8-27-9-11-28)13-2-4-14(5-3-13)30-20(24,25)26/h2-7,12,18,27H,8-11H2,1H3/t18-/m1/s1. The summed E-state index contributed by atoms with van der Waals surface area (Å²) in [5.41, 5.74) is -0.405. The number of piperazine rings is 1. The zero-order valence-corrected chi connectivity index (χ0v) is 16.0. The van der Waals surface area contributed by atoms with Crippen LogP contribution in [0, 0.1) is 0 Å². The first-order chi connectivity index (χ1) is 14.1. The van der Waals surface area contributed by atoms with Crippen LogP contribution < -0.4 is 14.8 Å². The number of ether oxygens (including phenoxy) is 2. The van der Waals surface area contributed by atoms with E-state index in [1.165, 1.54) is 31.4 Å². The molecule has 4 nitrogen and oxygen atoms in total. The highest BCUT2D eigenvalue weighted by atomic mass is 19.4. The van der Waals surface area contributed by atoms with Crippen LogP contribution in [0.5, 0.6) is 11.5 Å². The fraction of sp³-hybridized carbons (Fsp3) is 0.400. The Bertz CT molecular complexity index is 846. The highest BCUT2D eigenvalue weighted by Crippen LogP contribution is 2.41. The van der Waals surface area contributed by atoms with Gasteiger partial charge in [0, 0.05) is 26.2 Å². The minimum atomic E-state index is -4.85. The molecule has 0 unspecified atom stereocenters. The highest BCUT2D eigenvalue weighted by molar-refractivity contribution is 5.44. The first-order valence-corrected chi connectivity index (χ1v) is 9.14. The molecule has 0 radical (unpaired) electrons. The Hall–Kier alpha value is -2.46. The molecule has 30 heavy (non-hydrogen) atoms. The maximum atomic E-state index is 13.8. The van der Waals surface area contributed by atoms with Gasteiger partial charge >= 0.3 is 12.5 Å². The summed E-state index contributed by atoms with van der Waals surface area (Å²) in [6.07, 6.45) is -9.48. The van der Waals surface area contributed by atoms with Gasteiger partial charge in [-0.3, -0.25) is 4.90 Å². The van der Waals surface area contributed by atoms with Crippen LogP contribution in [0.2, 0.25) is 0 Å². The molecule has 1 atom stereocenters. The summed E-state index contributed by atoms with van der Waals surface area (Å²) >= 11 is 0. The molecule has 0 saturated carbocycles. The lowest BCUT2D eigenvalue weighted by Gasteiger charge is -2.36. The molecule has 1 heterocycles. The normalized spacial score (nSPS) is 16.9. The molecule has 0 aromatic heterocycles. The maximum absolute atomic E-state index is 13.8. The van der Waals surface area contributed by atoms with Gasteiger partial charge in [-0.1, -0.05) is 18.2 Å². The summed E-state index contributed by atoms with van der Waals surface area (Å²) < 4.78 is 87.6. The smallest absolute Gasteiger partial charge is 0.497 e. The summed E-state index contributed by atoms with van der Waals surface area (Å²) in [5, 5.41) is 3.14. The molecule has 2 aromatic rings. The molecule has 1 aliphatic heterocycles. The minimum Gasteiger partial charge on any atom is -0.497 e. The molecule has 0 amide bonds. The zero-order chi connectivity index (χ0) is 21.9. The Balaban J connectivity index is 2.06. The molecule has 10 heteroatoms. The first kappa shape index (κ1) is 22.2. The third kappa shape index (κ3) is 5.37. The van der Waals surface area contributed by atoms with Crippen LogP contribution in [0.1, 0.15) is 22.7 Å². The fourth-order valence-corrected chi connectivity index (χ4v) is 3.53. The van der Waals surface area contributed by atoms with Gasteiger partial charge < -0.3 is 14.8 Å². The van der Waals surface area contributed by atoms with E-state index >= 15 is 0 Å². The van der Waals surface area contributed by atoms with Gasteiger partial charge in [-0.25, -0.2) is 0 Å². The van der Waals surface area contributed by atoms with E-state index in [1.54, 1.807) is 0 Å². The SMILES string of the molecule is COc1ccc([C@@H](c2ccc(OC(F)(F)F)cc2)N2CCNCC2)c(C(F)(F)F)c1. The van der Waals surface area contributed by atoms with E-state index in [9.17, 15) is 26.3 Å². The predicted molar refractivity (Wildman–Crippen MR) is 97.4 cm³/mol. The van der Waals surface area contributed by atoms with E-state index in [-0.39, 0.29) is 11.3 Å². The lowest BCUT2D eigenvalue weighted by molar-refractivity contribution is -0.274. The summed E-state index contributed by atoms with van der Waals surface area (Å²) in [6, 6.07) is 7.87. The summed E-state index contributed by atoms with van der Waals surface area (Å²) in [7, 11) is 1.28. The Morgan fingerprint density at radius 2 is 1.50 bits per heavy atom. The molecule has 0 aliphatic carbocycles. The van der Waals surface area contributed by atoms with Gasteiger partial charge in [-0.15, -0.1) is 13.2 Å². The quantitative estimate of drug-likeness (QED) is 0.698. The van der Waals surface area contributed by atoms with E-state index in [0.717, 1.165) is 18.2 Å². The molecule has 1 aliphatic rings. The van der Waals surface area contributed by atoms with E-state index in [1.807, 2.05) is 4.90 Å². The van der Waals surface area contributed by atoms with Gasteiger partial charge in [-0.2, -0.15) is 13.2 Å². The monoisotopic (exact) mass is 434 g/mol. The van der Waals surface area contributed by atoms with Crippen LogP contribution in [-0.4, -0.2) is 44.6 Å². The number of benzene rings is 2. The van der Waals surface area contributed by atoms with Crippen molar-refractivity contribution in [1.29, 1.82) is 0 Å². The van der Waals surface area contributed by atoms with Crippen molar-refractivity contribution in [1.82, 2.24) is 10.2 Å². The van der Waals surface area contributed by atoms with Gasteiger partial charge in [0.25, 0.3) is 0 Å². The lowest BCUT2D eigenvalue weighted by atomic mass is 9.92. The predicted octanol–water partition coefficient (Wildman–Crippen LogP) is 4.61. The van der Waals surface area contributed by atoms with Gasteiger partial charge in [-0.05, 0) is 35.4 Å². The molecule has 3 rings (SSSR count).